The van der Waals surface area contributed by atoms with Crippen molar-refractivity contribution in [1.82, 2.24) is 9.55 Å². The number of nitro groups is 1. The average molecular weight is 233 g/mol. The van der Waals surface area contributed by atoms with Crippen molar-refractivity contribution in [2.45, 2.75) is 12.6 Å². The molecular formula is C11H11N3O3. The zero-order chi connectivity index (χ0) is 12.3. The Hall–Kier alpha value is -2.21. The molecule has 0 fully saturated rings. The number of rotatable bonds is 4. The number of aromatic nitrogens is 2. The molecule has 6 nitrogen and oxygen atoms in total. The van der Waals surface area contributed by atoms with E-state index in [4.69, 9.17) is 0 Å². The first kappa shape index (κ1) is 11.3. The third kappa shape index (κ3) is 2.67. The fourth-order valence-electron chi connectivity index (χ4n) is 1.52. The third-order valence-corrected chi connectivity index (χ3v) is 2.43. The number of nitro benzene ring substituents is 1. The Morgan fingerprint density at radius 2 is 2.12 bits per heavy atom. The van der Waals surface area contributed by atoms with Crippen LogP contribution in [0.4, 0.5) is 5.69 Å². The van der Waals surface area contributed by atoms with Crippen molar-refractivity contribution in [3.05, 3.63) is 58.7 Å². The quantitative estimate of drug-likeness (QED) is 0.641. The first-order chi connectivity index (χ1) is 8.16. The van der Waals surface area contributed by atoms with Gasteiger partial charge in [-0.2, -0.15) is 0 Å². The first-order valence-electron chi connectivity index (χ1n) is 5.05. The van der Waals surface area contributed by atoms with Crippen LogP contribution in [0.1, 0.15) is 11.7 Å². The fourth-order valence-corrected chi connectivity index (χ4v) is 1.52. The smallest absolute Gasteiger partial charge is 0.269 e. The number of hydrogen-bond acceptors (Lipinski definition) is 4. The van der Waals surface area contributed by atoms with Gasteiger partial charge in [0.05, 0.1) is 23.9 Å². The maximum atomic E-state index is 10.5. The van der Waals surface area contributed by atoms with E-state index in [0.29, 0.717) is 12.1 Å². The lowest BCUT2D eigenvalue weighted by atomic mass is 10.1. The highest BCUT2D eigenvalue weighted by atomic mass is 16.6. The van der Waals surface area contributed by atoms with E-state index in [9.17, 15) is 15.2 Å². The Labute approximate surface area is 97.3 Å². The Bertz CT molecular complexity index is 493. The molecule has 0 aliphatic rings. The van der Waals surface area contributed by atoms with Gasteiger partial charge in [0.1, 0.15) is 0 Å². The van der Waals surface area contributed by atoms with Crippen LogP contribution < -0.4 is 0 Å². The molecule has 17 heavy (non-hydrogen) atoms. The maximum Gasteiger partial charge on any atom is 0.269 e. The van der Waals surface area contributed by atoms with Crippen LogP contribution in [0.2, 0.25) is 0 Å². The second kappa shape index (κ2) is 4.75. The number of aliphatic hydroxyl groups excluding tert-OH is 1. The highest BCUT2D eigenvalue weighted by molar-refractivity contribution is 5.33. The predicted molar refractivity (Wildman–Crippen MR) is 60.3 cm³/mol. The van der Waals surface area contributed by atoms with Gasteiger partial charge in [0.2, 0.25) is 0 Å². The van der Waals surface area contributed by atoms with Gasteiger partial charge in [0.25, 0.3) is 5.69 Å². The van der Waals surface area contributed by atoms with E-state index >= 15 is 0 Å². The van der Waals surface area contributed by atoms with Crippen LogP contribution in [-0.4, -0.2) is 19.6 Å². The summed E-state index contributed by atoms with van der Waals surface area (Å²) in [4.78, 5) is 13.9. The molecule has 0 spiro atoms. The summed E-state index contributed by atoms with van der Waals surface area (Å²) in [6.07, 6.45) is 4.27. The van der Waals surface area contributed by atoms with Crippen molar-refractivity contribution in [1.29, 1.82) is 0 Å². The van der Waals surface area contributed by atoms with Gasteiger partial charge in [-0.25, -0.2) is 4.98 Å². The van der Waals surface area contributed by atoms with E-state index in [1.165, 1.54) is 12.1 Å². The number of benzene rings is 1. The van der Waals surface area contributed by atoms with E-state index in [-0.39, 0.29) is 5.69 Å². The summed E-state index contributed by atoms with van der Waals surface area (Å²) in [5.41, 5.74) is 0.660. The highest BCUT2D eigenvalue weighted by Crippen LogP contribution is 2.18. The summed E-state index contributed by atoms with van der Waals surface area (Å²) < 4.78 is 1.74. The molecule has 0 aliphatic carbocycles. The van der Waals surface area contributed by atoms with E-state index < -0.39 is 11.0 Å². The summed E-state index contributed by atoms with van der Waals surface area (Å²) in [5.74, 6) is 0. The van der Waals surface area contributed by atoms with Crippen LogP contribution in [-0.2, 0) is 6.54 Å². The Kier molecular flexibility index (Phi) is 3.15. The molecule has 0 amide bonds. The van der Waals surface area contributed by atoms with Gasteiger partial charge in [-0.3, -0.25) is 10.1 Å². The van der Waals surface area contributed by atoms with E-state index in [0.717, 1.165) is 0 Å². The molecule has 1 atom stereocenters. The summed E-state index contributed by atoms with van der Waals surface area (Å²) in [5, 5.41) is 20.4. The summed E-state index contributed by atoms with van der Waals surface area (Å²) in [7, 11) is 0. The van der Waals surface area contributed by atoms with Gasteiger partial charge in [0, 0.05) is 24.5 Å². The van der Waals surface area contributed by atoms with Crippen molar-refractivity contribution in [3.8, 4) is 0 Å². The first-order valence-corrected chi connectivity index (χ1v) is 5.05. The predicted octanol–water partition coefficient (Wildman–Crippen LogP) is 1.52. The van der Waals surface area contributed by atoms with Crippen LogP contribution in [0.25, 0.3) is 0 Å². The van der Waals surface area contributed by atoms with Gasteiger partial charge in [-0.05, 0) is 17.7 Å². The van der Waals surface area contributed by atoms with Crippen LogP contribution >= 0.6 is 0 Å². The highest BCUT2D eigenvalue weighted by Gasteiger charge is 2.10. The molecule has 1 aromatic carbocycles. The minimum Gasteiger partial charge on any atom is -0.387 e. The van der Waals surface area contributed by atoms with Crippen molar-refractivity contribution in [2.24, 2.45) is 0 Å². The molecule has 2 rings (SSSR count). The van der Waals surface area contributed by atoms with Crippen molar-refractivity contribution in [2.75, 3.05) is 0 Å². The Morgan fingerprint density at radius 1 is 1.41 bits per heavy atom. The largest absolute Gasteiger partial charge is 0.387 e. The monoisotopic (exact) mass is 233 g/mol. The molecular weight excluding hydrogens is 222 g/mol. The van der Waals surface area contributed by atoms with Crippen LogP contribution in [0.15, 0.2) is 43.0 Å². The van der Waals surface area contributed by atoms with Crippen LogP contribution in [0.3, 0.4) is 0 Å². The van der Waals surface area contributed by atoms with E-state index in [2.05, 4.69) is 4.98 Å². The molecule has 0 aliphatic heterocycles. The van der Waals surface area contributed by atoms with Gasteiger partial charge in [0.15, 0.2) is 0 Å². The standard InChI is InChI=1S/C11H11N3O3/c15-11(7-13-6-5-12-8-13)9-1-3-10(4-2-9)14(16)17/h1-6,8,11,15H,7H2. The van der Waals surface area contributed by atoms with E-state index in [1.54, 1.807) is 35.4 Å². The summed E-state index contributed by atoms with van der Waals surface area (Å²) in [6, 6.07) is 5.87. The molecule has 1 aromatic heterocycles. The minimum atomic E-state index is -0.704. The third-order valence-electron chi connectivity index (χ3n) is 2.43. The Morgan fingerprint density at radius 3 is 2.65 bits per heavy atom. The number of hydrogen-bond donors (Lipinski definition) is 1. The molecule has 0 bridgehead atoms. The maximum absolute atomic E-state index is 10.5. The zero-order valence-electron chi connectivity index (χ0n) is 8.93. The molecule has 88 valence electrons. The lowest BCUT2D eigenvalue weighted by molar-refractivity contribution is -0.384. The van der Waals surface area contributed by atoms with Crippen LogP contribution in [0.5, 0.6) is 0 Å². The molecule has 1 heterocycles. The fraction of sp³-hybridized carbons (Fsp3) is 0.182. The second-order valence-electron chi connectivity index (χ2n) is 3.62. The SMILES string of the molecule is O=[N+]([O-])c1ccc(C(O)Cn2ccnc2)cc1. The van der Waals surface area contributed by atoms with Crippen molar-refractivity contribution in [3.63, 3.8) is 0 Å². The lowest BCUT2D eigenvalue weighted by Gasteiger charge is -2.11. The zero-order valence-corrected chi connectivity index (χ0v) is 8.93. The number of aliphatic hydroxyl groups is 1. The second-order valence-corrected chi connectivity index (χ2v) is 3.62. The molecule has 2 aromatic rings. The number of imidazole rings is 1. The van der Waals surface area contributed by atoms with Crippen LogP contribution in [0, 0.1) is 10.1 Å². The summed E-state index contributed by atoms with van der Waals surface area (Å²) in [6.45, 7) is 0.373. The number of nitrogens with zero attached hydrogens (tertiary/aromatic N) is 3. The average Bonchev–Trinajstić information content (AvgIpc) is 2.82. The molecule has 6 heteroatoms. The van der Waals surface area contributed by atoms with Crippen molar-refractivity contribution >= 4 is 5.69 Å². The van der Waals surface area contributed by atoms with Gasteiger partial charge >= 0.3 is 0 Å². The molecule has 1 unspecified atom stereocenters. The van der Waals surface area contributed by atoms with E-state index in [1.807, 2.05) is 0 Å². The van der Waals surface area contributed by atoms with Crippen molar-refractivity contribution < 1.29 is 10.0 Å². The molecule has 0 radical (unpaired) electrons. The molecule has 0 saturated heterocycles. The Balaban J connectivity index is 2.09. The normalized spacial score (nSPS) is 12.3. The minimum absolute atomic E-state index is 0.0172. The van der Waals surface area contributed by atoms with Gasteiger partial charge in [-0.15, -0.1) is 0 Å². The lowest BCUT2D eigenvalue weighted by Crippen LogP contribution is -2.07. The topological polar surface area (TPSA) is 81.2 Å². The molecule has 0 saturated carbocycles. The molecule has 1 N–H and O–H groups in total. The van der Waals surface area contributed by atoms with Gasteiger partial charge < -0.3 is 9.67 Å². The summed E-state index contributed by atoms with van der Waals surface area (Å²) >= 11 is 0. The number of non-ortho nitro benzene ring substituents is 1. The van der Waals surface area contributed by atoms with Gasteiger partial charge in [-0.1, -0.05) is 0 Å².